The summed E-state index contributed by atoms with van der Waals surface area (Å²) in [5, 5.41) is 3.72. The van der Waals surface area contributed by atoms with Crippen LogP contribution in [0.5, 0.6) is 0 Å². The van der Waals surface area contributed by atoms with E-state index >= 15 is 0 Å². The van der Waals surface area contributed by atoms with Crippen molar-refractivity contribution in [3.05, 3.63) is 69.7 Å². The summed E-state index contributed by atoms with van der Waals surface area (Å²) in [5.74, 6) is -0.237. The molecule has 0 aliphatic rings. The van der Waals surface area contributed by atoms with Gasteiger partial charge in [-0.1, -0.05) is 41.4 Å². The highest BCUT2D eigenvalue weighted by Crippen LogP contribution is 2.23. The van der Waals surface area contributed by atoms with Crippen LogP contribution in [-0.2, 0) is 16.1 Å². The molecule has 0 saturated carbocycles. The molecule has 0 fully saturated rings. The fraction of sp³-hybridized carbons (Fsp3) is 0.200. The summed E-state index contributed by atoms with van der Waals surface area (Å²) in [6.07, 6.45) is 3.09. The van der Waals surface area contributed by atoms with Crippen molar-refractivity contribution in [3.8, 4) is 0 Å². The number of carbonyl (C=O) groups excluding carboxylic acids is 2. The zero-order valence-electron chi connectivity index (χ0n) is 14.6. The molecule has 0 bridgehead atoms. The number of hydrogen-bond donors (Lipinski definition) is 1. The Morgan fingerprint density at radius 3 is 2.54 bits per heavy atom. The number of nitrogens with one attached hydrogen (secondary N) is 1. The number of benzene rings is 2. The van der Waals surface area contributed by atoms with Crippen LogP contribution < -0.4 is 5.32 Å². The topological polar surface area (TPSA) is 49.4 Å². The van der Waals surface area contributed by atoms with E-state index < -0.39 is 0 Å². The van der Waals surface area contributed by atoms with E-state index in [9.17, 15) is 9.59 Å². The van der Waals surface area contributed by atoms with Crippen LogP contribution in [0.2, 0.25) is 10.0 Å². The van der Waals surface area contributed by atoms with Crippen molar-refractivity contribution in [1.29, 1.82) is 0 Å². The zero-order chi connectivity index (χ0) is 19.1. The monoisotopic (exact) mass is 390 g/mol. The van der Waals surface area contributed by atoms with Crippen LogP contribution in [0.3, 0.4) is 0 Å². The molecule has 0 aliphatic carbocycles. The van der Waals surface area contributed by atoms with E-state index in [4.69, 9.17) is 23.2 Å². The van der Waals surface area contributed by atoms with Crippen molar-refractivity contribution in [1.82, 2.24) is 4.90 Å². The lowest BCUT2D eigenvalue weighted by Crippen LogP contribution is -2.27. The van der Waals surface area contributed by atoms with Crippen LogP contribution >= 0.6 is 23.2 Å². The van der Waals surface area contributed by atoms with Crippen LogP contribution in [-0.4, -0.2) is 23.3 Å². The highest BCUT2D eigenvalue weighted by molar-refractivity contribution is 6.42. The third kappa shape index (κ3) is 5.90. The molecule has 0 spiro atoms. The molecule has 26 heavy (non-hydrogen) atoms. The van der Waals surface area contributed by atoms with Crippen LogP contribution in [0, 0.1) is 0 Å². The molecule has 2 amide bonds. The Bertz CT molecular complexity index is 834. The van der Waals surface area contributed by atoms with Gasteiger partial charge in [0.1, 0.15) is 0 Å². The molecule has 0 heterocycles. The van der Waals surface area contributed by atoms with Crippen molar-refractivity contribution in [2.75, 3.05) is 11.9 Å². The first-order valence-corrected chi connectivity index (χ1v) is 8.93. The second kappa shape index (κ2) is 9.41. The van der Waals surface area contributed by atoms with E-state index in [1.54, 1.807) is 42.2 Å². The minimum atomic E-state index is -0.257. The molecule has 0 saturated heterocycles. The van der Waals surface area contributed by atoms with Crippen molar-refractivity contribution in [2.45, 2.75) is 20.4 Å². The molecule has 1 N–H and O–H groups in total. The summed E-state index contributed by atoms with van der Waals surface area (Å²) >= 11 is 11.8. The highest BCUT2D eigenvalue weighted by Gasteiger charge is 2.07. The smallest absolute Gasteiger partial charge is 0.248 e. The van der Waals surface area contributed by atoms with Crippen LogP contribution in [0.15, 0.2) is 48.5 Å². The average Bonchev–Trinajstić information content (AvgIpc) is 2.60. The summed E-state index contributed by atoms with van der Waals surface area (Å²) in [4.78, 5) is 25.4. The Balaban J connectivity index is 2.02. The van der Waals surface area contributed by atoms with Gasteiger partial charge in [-0.15, -0.1) is 0 Å². The SMILES string of the molecule is CCN(Cc1cccc(NC(=O)/C=C/c2ccc(Cl)c(Cl)c2)c1)C(C)=O. The Morgan fingerprint density at radius 2 is 1.88 bits per heavy atom. The Hall–Kier alpha value is -2.30. The predicted molar refractivity (Wildman–Crippen MR) is 107 cm³/mol. The van der Waals surface area contributed by atoms with Crippen molar-refractivity contribution in [2.24, 2.45) is 0 Å². The molecule has 6 heteroatoms. The van der Waals surface area contributed by atoms with Gasteiger partial charge in [0.2, 0.25) is 11.8 Å². The first-order chi connectivity index (χ1) is 12.4. The number of rotatable bonds is 6. The quantitative estimate of drug-likeness (QED) is 0.704. The van der Waals surface area contributed by atoms with Gasteiger partial charge >= 0.3 is 0 Å². The number of hydrogen-bond acceptors (Lipinski definition) is 2. The van der Waals surface area contributed by atoms with Crippen LogP contribution in [0.4, 0.5) is 5.69 Å². The third-order valence-electron chi connectivity index (χ3n) is 3.77. The van der Waals surface area contributed by atoms with E-state index in [0.29, 0.717) is 28.8 Å². The number of amides is 2. The lowest BCUT2D eigenvalue weighted by molar-refractivity contribution is -0.129. The highest BCUT2D eigenvalue weighted by atomic mass is 35.5. The third-order valence-corrected chi connectivity index (χ3v) is 4.50. The van der Waals surface area contributed by atoms with Crippen molar-refractivity contribution < 1.29 is 9.59 Å². The minimum Gasteiger partial charge on any atom is -0.339 e. The summed E-state index contributed by atoms with van der Waals surface area (Å²) < 4.78 is 0. The maximum Gasteiger partial charge on any atom is 0.248 e. The fourth-order valence-electron chi connectivity index (χ4n) is 2.39. The number of nitrogens with zero attached hydrogens (tertiary/aromatic N) is 1. The molecule has 0 aliphatic heterocycles. The molecule has 2 rings (SSSR count). The molecule has 2 aromatic rings. The van der Waals surface area contributed by atoms with E-state index in [1.807, 2.05) is 25.1 Å². The standard InChI is InChI=1S/C20H20Cl2N2O2/c1-3-24(14(2)25)13-16-5-4-6-17(11-16)23-20(26)10-8-15-7-9-18(21)19(22)12-15/h4-12H,3,13H2,1-2H3,(H,23,26)/b10-8+. The summed E-state index contributed by atoms with van der Waals surface area (Å²) in [6.45, 7) is 4.62. The van der Waals surface area contributed by atoms with Gasteiger partial charge in [-0.3, -0.25) is 9.59 Å². The molecule has 0 aromatic heterocycles. The lowest BCUT2D eigenvalue weighted by Gasteiger charge is -2.19. The Labute approximate surface area is 163 Å². The van der Waals surface area contributed by atoms with Gasteiger partial charge in [-0.05, 0) is 48.4 Å². The van der Waals surface area contributed by atoms with Gasteiger partial charge in [-0.2, -0.15) is 0 Å². The summed E-state index contributed by atoms with van der Waals surface area (Å²) in [7, 11) is 0. The van der Waals surface area contributed by atoms with Crippen LogP contribution in [0.1, 0.15) is 25.0 Å². The number of halogens is 2. The van der Waals surface area contributed by atoms with Gasteiger partial charge < -0.3 is 10.2 Å². The predicted octanol–water partition coefficient (Wildman–Crippen LogP) is 5.01. The molecule has 0 atom stereocenters. The van der Waals surface area contributed by atoms with Crippen molar-refractivity contribution in [3.63, 3.8) is 0 Å². The molecule has 0 radical (unpaired) electrons. The maximum absolute atomic E-state index is 12.1. The van der Waals surface area contributed by atoms with Crippen molar-refractivity contribution >= 4 is 46.8 Å². The van der Waals surface area contributed by atoms with Gasteiger partial charge in [0.05, 0.1) is 10.0 Å². The fourth-order valence-corrected chi connectivity index (χ4v) is 2.69. The second-order valence-corrected chi connectivity index (χ2v) is 6.54. The molecule has 136 valence electrons. The Morgan fingerprint density at radius 1 is 1.12 bits per heavy atom. The molecular formula is C20H20Cl2N2O2. The number of carbonyl (C=O) groups is 2. The first kappa shape index (κ1) is 20.0. The van der Waals surface area contributed by atoms with Gasteiger partial charge in [0, 0.05) is 31.8 Å². The molecule has 4 nitrogen and oxygen atoms in total. The largest absolute Gasteiger partial charge is 0.339 e. The van der Waals surface area contributed by atoms with E-state index in [1.165, 1.54) is 6.08 Å². The van der Waals surface area contributed by atoms with Crippen LogP contribution in [0.25, 0.3) is 6.08 Å². The minimum absolute atomic E-state index is 0.0199. The van der Waals surface area contributed by atoms with E-state index in [-0.39, 0.29) is 11.8 Å². The zero-order valence-corrected chi connectivity index (χ0v) is 16.1. The van der Waals surface area contributed by atoms with Gasteiger partial charge in [0.15, 0.2) is 0 Å². The molecule has 0 unspecified atom stereocenters. The van der Waals surface area contributed by atoms with Gasteiger partial charge in [0.25, 0.3) is 0 Å². The number of anilines is 1. The average molecular weight is 391 g/mol. The molecular weight excluding hydrogens is 371 g/mol. The normalized spacial score (nSPS) is 10.8. The lowest BCUT2D eigenvalue weighted by atomic mass is 10.1. The molecule has 2 aromatic carbocycles. The second-order valence-electron chi connectivity index (χ2n) is 5.73. The van der Waals surface area contributed by atoms with E-state index in [0.717, 1.165) is 11.1 Å². The summed E-state index contributed by atoms with van der Waals surface area (Å²) in [6, 6.07) is 12.6. The van der Waals surface area contributed by atoms with Gasteiger partial charge in [-0.25, -0.2) is 0 Å². The summed E-state index contributed by atoms with van der Waals surface area (Å²) in [5.41, 5.74) is 2.41. The van der Waals surface area contributed by atoms with E-state index in [2.05, 4.69) is 5.32 Å². The maximum atomic E-state index is 12.1. The first-order valence-electron chi connectivity index (χ1n) is 8.17. The Kier molecular flexibility index (Phi) is 7.25.